The quantitative estimate of drug-likeness (QED) is 0.646. The number of aryl methyl sites for hydroxylation is 1. The predicted molar refractivity (Wildman–Crippen MR) is 89.4 cm³/mol. The van der Waals surface area contributed by atoms with Crippen molar-refractivity contribution in [1.82, 2.24) is 0 Å². The van der Waals surface area contributed by atoms with Crippen molar-refractivity contribution in [2.75, 3.05) is 5.43 Å². The second kappa shape index (κ2) is 6.02. The fraction of sp³-hybridized carbons (Fsp3) is 0.133. The third kappa shape index (κ3) is 3.12. The Morgan fingerprint density at radius 2 is 1.92 bits per heavy atom. The highest BCUT2D eigenvalue weighted by atomic mass is 32.2. The molecule has 0 spiro atoms. The zero-order valence-corrected chi connectivity index (χ0v) is 13.3. The van der Waals surface area contributed by atoms with Crippen molar-refractivity contribution in [3.63, 3.8) is 0 Å². The molecule has 0 atom stereocenters. The molecule has 0 amide bonds. The number of primary sulfonamides is 1. The summed E-state index contributed by atoms with van der Waals surface area (Å²) in [4.78, 5) is 10.2. The fourth-order valence-corrected chi connectivity index (χ4v) is 3.12. The van der Waals surface area contributed by atoms with Crippen LogP contribution in [0.1, 0.15) is 17.5 Å². The van der Waals surface area contributed by atoms with E-state index in [2.05, 4.69) is 10.5 Å². The zero-order valence-electron chi connectivity index (χ0n) is 12.5. The molecular weight excluding hydrogens is 332 g/mol. The van der Waals surface area contributed by atoms with Gasteiger partial charge in [0, 0.05) is 11.6 Å². The van der Waals surface area contributed by atoms with E-state index >= 15 is 0 Å². The molecular formula is C15H14N4O4S. The molecule has 124 valence electrons. The van der Waals surface area contributed by atoms with E-state index in [9.17, 15) is 18.5 Å². The smallest absolute Gasteiger partial charge is 0.271 e. The summed E-state index contributed by atoms with van der Waals surface area (Å²) in [6.45, 7) is 0. The van der Waals surface area contributed by atoms with Crippen LogP contribution in [0.25, 0.3) is 0 Å². The minimum atomic E-state index is -4.01. The van der Waals surface area contributed by atoms with Crippen molar-refractivity contribution in [3.8, 4) is 0 Å². The summed E-state index contributed by atoms with van der Waals surface area (Å²) in [6, 6.07) is 11.2. The molecule has 0 fully saturated rings. The van der Waals surface area contributed by atoms with Crippen molar-refractivity contribution < 1.29 is 13.3 Å². The number of nitrogens with two attached hydrogens (primary N) is 1. The van der Waals surface area contributed by atoms with E-state index in [0.717, 1.165) is 30.2 Å². The summed E-state index contributed by atoms with van der Waals surface area (Å²) in [7, 11) is -4.01. The van der Waals surface area contributed by atoms with Crippen LogP contribution in [0.3, 0.4) is 0 Å². The number of fused-ring (bicyclic) bond motifs is 1. The van der Waals surface area contributed by atoms with Gasteiger partial charge in [0.15, 0.2) is 0 Å². The first-order valence-electron chi connectivity index (χ1n) is 7.08. The van der Waals surface area contributed by atoms with E-state index in [1.807, 2.05) is 24.3 Å². The summed E-state index contributed by atoms with van der Waals surface area (Å²) < 4.78 is 22.7. The normalized spacial score (nSPS) is 15.3. The van der Waals surface area contributed by atoms with Crippen LogP contribution in [0.15, 0.2) is 52.5 Å². The maximum atomic E-state index is 11.3. The number of nitro benzene ring substituents is 1. The molecule has 3 rings (SSSR count). The first-order chi connectivity index (χ1) is 11.4. The van der Waals surface area contributed by atoms with Crippen LogP contribution in [-0.2, 0) is 16.4 Å². The SMILES string of the molecule is NS(=O)(=O)c1ccc(N/N=C2\CCc3ccccc32)c([N+](=O)[O-])c1. The van der Waals surface area contributed by atoms with Gasteiger partial charge in [0.1, 0.15) is 5.69 Å². The van der Waals surface area contributed by atoms with Gasteiger partial charge in [-0.2, -0.15) is 5.10 Å². The highest BCUT2D eigenvalue weighted by Gasteiger charge is 2.20. The Morgan fingerprint density at radius 1 is 1.17 bits per heavy atom. The van der Waals surface area contributed by atoms with E-state index in [0.29, 0.717) is 0 Å². The number of rotatable bonds is 4. The molecule has 24 heavy (non-hydrogen) atoms. The average molecular weight is 346 g/mol. The molecule has 0 saturated heterocycles. The standard InChI is InChI=1S/C15H14N4O4S/c16-24(22,23)11-6-8-14(15(9-11)19(20)21)18-17-13-7-5-10-3-1-2-4-12(10)13/h1-4,6,8-9,18H,5,7H2,(H2,16,22,23)/b17-13+. The molecule has 8 nitrogen and oxygen atoms in total. The van der Waals surface area contributed by atoms with Crippen molar-refractivity contribution in [1.29, 1.82) is 0 Å². The third-order valence-electron chi connectivity index (χ3n) is 3.77. The highest BCUT2D eigenvalue weighted by Crippen LogP contribution is 2.28. The largest absolute Gasteiger partial charge is 0.295 e. The van der Waals surface area contributed by atoms with Gasteiger partial charge < -0.3 is 0 Å². The van der Waals surface area contributed by atoms with Crippen LogP contribution < -0.4 is 10.6 Å². The van der Waals surface area contributed by atoms with Gasteiger partial charge in [-0.05, 0) is 30.5 Å². The molecule has 1 aliphatic rings. The number of benzene rings is 2. The summed E-state index contributed by atoms with van der Waals surface area (Å²) in [5, 5.41) is 20.4. The summed E-state index contributed by atoms with van der Waals surface area (Å²) >= 11 is 0. The van der Waals surface area contributed by atoms with Gasteiger partial charge in [-0.25, -0.2) is 13.6 Å². The van der Waals surface area contributed by atoms with Crippen LogP contribution in [0.2, 0.25) is 0 Å². The number of hydrogen-bond donors (Lipinski definition) is 2. The summed E-state index contributed by atoms with van der Waals surface area (Å²) in [6.07, 6.45) is 1.60. The van der Waals surface area contributed by atoms with Gasteiger partial charge in [-0.1, -0.05) is 24.3 Å². The Bertz CT molecular complexity index is 954. The second-order valence-corrected chi connectivity index (χ2v) is 6.87. The van der Waals surface area contributed by atoms with Crippen LogP contribution in [0, 0.1) is 10.1 Å². The third-order valence-corrected chi connectivity index (χ3v) is 4.68. The second-order valence-electron chi connectivity index (χ2n) is 5.31. The molecule has 0 aliphatic heterocycles. The minimum absolute atomic E-state index is 0.101. The van der Waals surface area contributed by atoms with Gasteiger partial charge in [-0.3, -0.25) is 15.5 Å². The minimum Gasteiger partial charge on any atom is -0.271 e. The summed E-state index contributed by atoms with van der Waals surface area (Å²) in [5.74, 6) is 0. The number of nitrogens with one attached hydrogen (secondary N) is 1. The average Bonchev–Trinajstić information content (AvgIpc) is 2.95. The lowest BCUT2D eigenvalue weighted by atomic mass is 10.1. The van der Waals surface area contributed by atoms with Crippen LogP contribution >= 0.6 is 0 Å². The molecule has 0 radical (unpaired) electrons. The number of nitro groups is 1. The molecule has 0 heterocycles. The molecule has 0 saturated carbocycles. The Balaban J connectivity index is 1.94. The number of sulfonamides is 1. The molecule has 0 unspecified atom stereocenters. The Labute approximate surface area is 138 Å². The number of nitrogens with zero attached hydrogens (tertiary/aromatic N) is 2. The monoisotopic (exact) mass is 346 g/mol. The zero-order chi connectivity index (χ0) is 17.3. The Hall–Kier alpha value is -2.78. The maximum Gasteiger partial charge on any atom is 0.295 e. The topological polar surface area (TPSA) is 128 Å². The molecule has 9 heteroatoms. The lowest BCUT2D eigenvalue weighted by Crippen LogP contribution is -2.12. The first-order valence-corrected chi connectivity index (χ1v) is 8.63. The van der Waals surface area contributed by atoms with Gasteiger partial charge in [0.05, 0.1) is 15.5 Å². The van der Waals surface area contributed by atoms with Crippen molar-refractivity contribution in [2.45, 2.75) is 17.7 Å². The maximum absolute atomic E-state index is 11.3. The van der Waals surface area contributed by atoms with Gasteiger partial charge in [-0.15, -0.1) is 0 Å². The van der Waals surface area contributed by atoms with E-state index in [1.165, 1.54) is 17.7 Å². The molecule has 2 aromatic rings. The summed E-state index contributed by atoms with van der Waals surface area (Å²) in [5.41, 5.74) is 5.35. The molecule has 3 N–H and O–H groups in total. The van der Waals surface area contributed by atoms with E-state index in [4.69, 9.17) is 5.14 Å². The molecule has 0 bridgehead atoms. The molecule has 0 aromatic heterocycles. The van der Waals surface area contributed by atoms with Gasteiger partial charge >= 0.3 is 0 Å². The Morgan fingerprint density at radius 3 is 2.62 bits per heavy atom. The number of anilines is 1. The number of hydrogen-bond acceptors (Lipinski definition) is 6. The highest BCUT2D eigenvalue weighted by molar-refractivity contribution is 7.89. The Kier molecular flexibility index (Phi) is 4.04. The van der Waals surface area contributed by atoms with Crippen LogP contribution in [-0.4, -0.2) is 19.1 Å². The van der Waals surface area contributed by atoms with Crippen molar-refractivity contribution in [3.05, 3.63) is 63.7 Å². The van der Waals surface area contributed by atoms with Crippen molar-refractivity contribution in [2.24, 2.45) is 10.2 Å². The fourth-order valence-electron chi connectivity index (χ4n) is 2.59. The number of hydrazone groups is 1. The van der Waals surface area contributed by atoms with Crippen LogP contribution in [0.5, 0.6) is 0 Å². The van der Waals surface area contributed by atoms with E-state index < -0.39 is 20.6 Å². The molecule has 1 aliphatic carbocycles. The molecule has 2 aromatic carbocycles. The van der Waals surface area contributed by atoms with Gasteiger partial charge in [0.25, 0.3) is 5.69 Å². The van der Waals surface area contributed by atoms with Crippen molar-refractivity contribution >= 4 is 27.1 Å². The van der Waals surface area contributed by atoms with E-state index in [1.54, 1.807) is 0 Å². The van der Waals surface area contributed by atoms with Gasteiger partial charge in [0.2, 0.25) is 10.0 Å². The van der Waals surface area contributed by atoms with Crippen LogP contribution in [0.4, 0.5) is 11.4 Å². The van der Waals surface area contributed by atoms with E-state index in [-0.39, 0.29) is 10.6 Å². The first kappa shape index (κ1) is 16.1. The lowest BCUT2D eigenvalue weighted by molar-refractivity contribution is -0.384. The lowest BCUT2D eigenvalue weighted by Gasteiger charge is -2.06. The predicted octanol–water partition coefficient (Wildman–Crippen LogP) is 2.00.